The Morgan fingerprint density at radius 2 is 1.94 bits per heavy atom. The van der Waals surface area contributed by atoms with Crippen molar-refractivity contribution >= 4 is 22.6 Å². The number of alkyl halides is 5. The molecule has 0 radical (unpaired) electrons. The molecule has 1 heterocycles. The lowest BCUT2D eigenvalue weighted by Crippen LogP contribution is -2.14. The third kappa shape index (κ3) is 2.78. The molecule has 1 aromatic rings. The smallest absolute Gasteiger partial charge is 0.392 e. The molecule has 0 atom stereocenters. The fraction of sp³-hybridized carbons (Fsp3) is 0.375. The summed E-state index contributed by atoms with van der Waals surface area (Å²) in [6.45, 7) is -0.746. The second-order valence-corrected chi connectivity index (χ2v) is 3.90. The van der Waals surface area contributed by atoms with Crippen LogP contribution in [0.15, 0.2) is 6.07 Å². The van der Waals surface area contributed by atoms with Gasteiger partial charge < -0.3 is 5.11 Å². The van der Waals surface area contributed by atoms with Crippen molar-refractivity contribution < 1.29 is 27.1 Å². The summed E-state index contributed by atoms with van der Waals surface area (Å²) in [5, 5.41) is 8.77. The summed E-state index contributed by atoms with van der Waals surface area (Å²) in [5.74, 6) is 0. The molecule has 0 saturated heterocycles. The van der Waals surface area contributed by atoms with Crippen LogP contribution < -0.4 is 0 Å². The molecule has 1 rings (SSSR count). The van der Waals surface area contributed by atoms with E-state index < -0.39 is 30.6 Å². The molecule has 0 amide bonds. The molecule has 0 aliphatic rings. The van der Waals surface area contributed by atoms with Crippen molar-refractivity contribution in [2.24, 2.45) is 0 Å². The van der Waals surface area contributed by atoms with E-state index in [1.165, 1.54) is 22.6 Å². The molecule has 0 bridgehead atoms. The second-order valence-electron chi connectivity index (χ2n) is 2.83. The van der Waals surface area contributed by atoms with E-state index in [-0.39, 0.29) is 9.13 Å². The minimum atomic E-state index is -4.81. The zero-order chi connectivity index (χ0) is 12.5. The maximum absolute atomic E-state index is 12.4. The summed E-state index contributed by atoms with van der Waals surface area (Å²) in [6, 6.07) is 0.766. The molecule has 8 heteroatoms. The van der Waals surface area contributed by atoms with Crippen LogP contribution in [0, 0.1) is 3.57 Å². The van der Waals surface area contributed by atoms with Crippen LogP contribution in [0.4, 0.5) is 22.0 Å². The monoisotopic (exact) mass is 353 g/mol. The lowest BCUT2D eigenvalue weighted by atomic mass is 10.2. The van der Waals surface area contributed by atoms with Gasteiger partial charge in [0.25, 0.3) is 6.43 Å². The third-order valence-corrected chi connectivity index (χ3v) is 2.92. The van der Waals surface area contributed by atoms with Crippen molar-refractivity contribution in [1.29, 1.82) is 0 Å². The highest BCUT2D eigenvalue weighted by Gasteiger charge is 2.37. The molecule has 0 unspecified atom stereocenters. The molecule has 2 nitrogen and oxygen atoms in total. The van der Waals surface area contributed by atoms with Gasteiger partial charge in [0.2, 0.25) is 0 Å². The van der Waals surface area contributed by atoms with Gasteiger partial charge in [-0.15, -0.1) is 0 Å². The Bertz CT molecular complexity index is 393. The molecule has 1 aromatic heterocycles. The van der Waals surface area contributed by atoms with E-state index in [9.17, 15) is 22.0 Å². The quantitative estimate of drug-likeness (QED) is 0.655. The van der Waals surface area contributed by atoms with Gasteiger partial charge in [0.1, 0.15) is 5.69 Å². The van der Waals surface area contributed by atoms with Gasteiger partial charge in [-0.2, -0.15) is 13.2 Å². The van der Waals surface area contributed by atoms with E-state index in [1.807, 2.05) is 0 Å². The maximum Gasteiger partial charge on any atom is 0.434 e. The molecule has 1 N–H and O–H groups in total. The van der Waals surface area contributed by atoms with E-state index >= 15 is 0 Å². The molecule has 0 fully saturated rings. The highest BCUT2D eigenvalue weighted by Crippen LogP contribution is 2.34. The zero-order valence-electron chi connectivity index (χ0n) is 7.52. The van der Waals surface area contributed by atoms with E-state index in [2.05, 4.69) is 4.98 Å². The lowest BCUT2D eigenvalue weighted by molar-refractivity contribution is -0.142. The Hall–Kier alpha value is -0.510. The Morgan fingerprint density at radius 3 is 2.31 bits per heavy atom. The fourth-order valence-electron chi connectivity index (χ4n) is 1.02. The molecule has 0 spiro atoms. The van der Waals surface area contributed by atoms with Crippen LogP contribution in [0.2, 0.25) is 0 Å². The van der Waals surface area contributed by atoms with E-state index in [0.717, 1.165) is 6.07 Å². The van der Waals surface area contributed by atoms with Gasteiger partial charge in [-0.05, 0) is 34.2 Å². The van der Waals surface area contributed by atoms with Gasteiger partial charge in [-0.25, -0.2) is 13.8 Å². The first-order valence-corrected chi connectivity index (χ1v) is 5.00. The minimum absolute atomic E-state index is 0.210. The maximum atomic E-state index is 12.4. The van der Waals surface area contributed by atoms with Crippen LogP contribution in [0.3, 0.4) is 0 Å². The van der Waals surface area contributed by atoms with E-state index in [1.54, 1.807) is 0 Å². The SMILES string of the molecule is OCc1cc(C(F)F)nc(C(F)(F)F)c1I. The van der Waals surface area contributed by atoms with Gasteiger partial charge in [-0.1, -0.05) is 0 Å². The van der Waals surface area contributed by atoms with Gasteiger partial charge in [0.05, 0.1) is 6.61 Å². The Labute approximate surface area is 101 Å². The van der Waals surface area contributed by atoms with E-state index in [4.69, 9.17) is 5.11 Å². The molecular weight excluding hydrogens is 348 g/mol. The Morgan fingerprint density at radius 1 is 1.38 bits per heavy atom. The average Bonchev–Trinajstić information content (AvgIpc) is 2.15. The van der Waals surface area contributed by atoms with Gasteiger partial charge in [0.15, 0.2) is 5.69 Å². The van der Waals surface area contributed by atoms with Crippen molar-refractivity contribution in [3.05, 3.63) is 26.6 Å². The van der Waals surface area contributed by atoms with Crippen molar-refractivity contribution in [2.75, 3.05) is 0 Å². The van der Waals surface area contributed by atoms with Crippen molar-refractivity contribution in [2.45, 2.75) is 19.2 Å². The van der Waals surface area contributed by atoms with Crippen LogP contribution in [0.1, 0.15) is 23.4 Å². The van der Waals surface area contributed by atoms with Crippen LogP contribution in [0.25, 0.3) is 0 Å². The summed E-state index contributed by atoms with van der Waals surface area (Å²) >= 11 is 1.32. The van der Waals surface area contributed by atoms with E-state index in [0.29, 0.717) is 0 Å². The zero-order valence-corrected chi connectivity index (χ0v) is 9.68. The van der Waals surface area contributed by atoms with Crippen molar-refractivity contribution in [1.82, 2.24) is 4.98 Å². The number of aromatic nitrogens is 1. The number of hydrogen-bond acceptors (Lipinski definition) is 2. The molecule has 90 valence electrons. The first-order valence-electron chi connectivity index (χ1n) is 3.93. The number of pyridine rings is 1. The summed E-state index contributed by atoms with van der Waals surface area (Å²) < 4.78 is 61.4. The summed E-state index contributed by atoms with van der Waals surface area (Å²) in [6.07, 6.45) is -7.92. The highest BCUT2D eigenvalue weighted by atomic mass is 127. The number of aliphatic hydroxyl groups excluding tert-OH is 1. The fourth-order valence-corrected chi connectivity index (χ4v) is 1.77. The van der Waals surface area contributed by atoms with Gasteiger partial charge >= 0.3 is 6.18 Å². The minimum Gasteiger partial charge on any atom is -0.392 e. The van der Waals surface area contributed by atoms with Gasteiger partial charge in [-0.3, -0.25) is 0 Å². The van der Waals surface area contributed by atoms with Crippen molar-refractivity contribution in [3.63, 3.8) is 0 Å². The van der Waals surface area contributed by atoms with Crippen LogP contribution in [-0.4, -0.2) is 10.1 Å². The predicted octanol–water partition coefficient (Wildman–Crippen LogP) is 3.13. The molecule has 0 aliphatic heterocycles. The average molecular weight is 353 g/mol. The largest absolute Gasteiger partial charge is 0.434 e. The Balaban J connectivity index is 3.42. The molecule has 0 aliphatic carbocycles. The number of aliphatic hydroxyl groups is 1. The standard InChI is InChI=1S/C8H5F5INO/c9-7(10)4-1-3(2-16)5(14)6(15-4)8(11,12)13/h1,7,16H,2H2. The number of nitrogens with zero attached hydrogens (tertiary/aromatic N) is 1. The van der Waals surface area contributed by atoms with Crippen LogP contribution in [-0.2, 0) is 12.8 Å². The number of hydrogen-bond donors (Lipinski definition) is 1. The topological polar surface area (TPSA) is 33.1 Å². The third-order valence-electron chi connectivity index (χ3n) is 1.72. The Kier molecular flexibility index (Phi) is 4.05. The lowest BCUT2D eigenvalue weighted by Gasteiger charge is -2.12. The summed E-state index contributed by atoms with van der Waals surface area (Å²) in [7, 11) is 0. The first-order chi connectivity index (χ1) is 7.27. The summed E-state index contributed by atoms with van der Waals surface area (Å²) in [4.78, 5) is 2.86. The molecule has 16 heavy (non-hydrogen) atoms. The number of halogens is 6. The van der Waals surface area contributed by atoms with Crippen molar-refractivity contribution in [3.8, 4) is 0 Å². The second kappa shape index (κ2) is 4.78. The van der Waals surface area contributed by atoms with Gasteiger partial charge in [0, 0.05) is 3.57 Å². The van der Waals surface area contributed by atoms with Crippen LogP contribution >= 0.6 is 22.6 Å². The molecular formula is C8H5F5INO. The number of rotatable bonds is 2. The summed E-state index contributed by atoms with van der Waals surface area (Å²) in [5.41, 5.74) is -2.59. The molecule has 0 aromatic carbocycles. The highest BCUT2D eigenvalue weighted by molar-refractivity contribution is 14.1. The molecule has 0 saturated carbocycles. The predicted molar refractivity (Wildman–Crippen MR) is 52.8 cm³/mol. The van der Waals surface area contributed by atoms with Crippen LogP contribution in [0.5, 0.6) is 0 Å². The first kappa shape index (κ1) is 13.6. The normalized spacial score (nSPS) is 12.2.